The molecule has 2 aliphatic carbocycles. The van der Waals surface area contributed by atoms with Gasteiger partial charge in [-0.15, -0.1) is 11.3 Å². The second-order valence-corrected chi connectivity index (χ2v) is 6.82. The first-order valence-corrected chi connectivity index (χ1v) is 8.20. The molecule has 2 fully saturated rings. The number of hydrogen-bond acceptors (Lipinski definition) is 4. The van der Waals surface area contributed by atoms with E-state index >= 15 is 0 Å². The summed E-state index contributed by atoms with van der Waals surface area (Å²) in [6.45, 7) is 1.99. The van der Waals surface area contributed by atoms with Crippen LogP contribution in [0.15, 0.2) is 5.38 Å². The second kappa shape index (κ2) is 6.01. The van der Waals surface area contributed by atoms with Gasteiger partial charge in [0.15, 0.2) is 5.69 Å². The van der Waals surface area contributed by atoms with Gasteiger partial charge in [-0.1, -0.05) is 0 Å². The Kier molecular flexibility index (Phi) is 4.10. The van der Waals surface area contributed by atoms with E-state index in [-0.39, 0.29) is 11.7 Å². The van der Waals surface area contributed by atoms with Crippen molar-refractivity contribution >= 4 is 23.3 Å². The largest absolute Gasteiger partial charge is 0.476 e. The van der Waals surface area contributed by atoms with Gasteiger partial charge in [-0.2, -0.15) is 0 Å². The highest BCUT2D eigenvalue weighted by Gasteiger charge is 2.31. The maximum Gasteiger partial charge on any atom is 0.355 e. The molecule has 0 radical (unpaired) electrons. The van der Waals surface area contributed by atoms with Gasteiger partial charge in [0.05, 0.1) is 6.54 Å². The van der Waals surface area contributed by atoms with Gasteiger partial charge in [-0.05, 0) is 37.5 Å². The molecule has 1 heterocycles. The molecule has 0 unspecified atom stereocenters. The minimum Gasteiger partial charge on any atom is -0.476 e. The fourth-order valence-corrected chi connectivity index (χ4v) is 2.93. The van der Waals surface area contributed by atoms with E-state index in [2.05, 4.69) is 10.3 Å². The number of carboxylic acids is 1. The Hall–Kier alpha value is -1.63. The molecule has 0 aromatic carbocycles. The number of carboxylic acid groups (broad SMARTS) is 1. The van der Waals surface area contributed by atoms with E-state index in [1.54, 1.807) is 0 Å². The molecule has 2 amide bonds. The maximum atomic E-state index is 12.3. The molecule has 1 aromatic rings. The van der Waals surface area contributed by atoms with Crippen LogP contribution in [0.4, 0.5) is 4.79 Å². The Morgan fingerprint density at radius 2 is 1.90 bits per heavy atom. The lowest BCUT2D eigenvalue weighted by Crippen LogP contribution is -2.42. The number of rotatable bonds is 7. The van der Waals surface area contributed by atoms with Gasteiger partial charge >= 0.3 is 12.0 Å². The number of carbonyl (C=O) groups excluding carboxylic acids is 1. The van der Waals surface area contributed by atoms with Gasteiger partial charge < -0.3 is 15.3 Å². The first kappa shape index (κ1) is 14.3. The van der Waals surface area contributed by atoms with Crippen molar-refractivity contribution in [3.05, 3.63) is 16.1 Å². The number of thiazole rings is 1. The third kappa shape index (κ3) is 4.17. The lowest BCUT2D eigenvalue weighted by Gasteiger charge is -2.22. The molecule has 2 saturated carbocycles. The van der Waals surface area contributed by atoms with Crippen LogP contribution in [0.3, 0.4) is 0 Å². The molecule has 3 rings (SSSR count). The maximum absolute atomic E-state index is 12.3. The Morgan fingerprint density at radius 3 is 2.38 bits per heavy atom. The standard InChI is InChI=1S/C14H19N3O3S/c18-13(19)11-8-21-12(16-11)5-15-14(20)17(6-9-1-2-9)7-10-3-4-10/h8-10H,1-7H2,(H,15,20)(H,18,19). The van der Waals surface area contributed by atoms with E-state index in [0.29, 0.717) is 23.4 Å². The zero-order valence-electron chi connectivity index (χ0n) is 11.7. The zero-order valence-corrected chi connectivity index (χ0v) is 12.6. The average molecular weight is 309 g/mol. The van der Waals surface area contributed by atoms with E-state index in [4.69, 9.17) is 5.11 Å². The molecule has 1 aromatic heterocycles. The van der Waals surface area contributed by atoms with Crippen LogP contribution in [0, 0.1) is 11.8 Å². The van der Waals surface area contributed by atoms with Gasteiger partial charge in [0.25, 0.3) is 0 Å². The molecular weight excluding hydrogens is 290 g/mol. The monoisotopic (exact) mass is 309 g/mol. The average Bonchev–Trinajstić information content (AvgIpc) is 3.37. The molecular formula is C14H19N3O3S. The predicted molar refractivity (Wildman–Crippen MR) is 78.3 cm³/mol. The first-order valence-electron chi connectivity index (χ1n) is 7.32. The summed E-state index contributed by atoms with van der Waals surface area (Å²) >= 11 is 1.26. The lowest BCUT2D eigenvalue weighted by molar-refractivity contribution is 0.0691. The first-order chi connectivity index (χ1) is 10.1. The number of hydrogen-bond donors (Lipinski definition) is 2. The van der Waals surface area contributed by atoms with Crippen molar-refractivity contribution in [1.29, 1.82) is 0 Å². The molecule has 0 aliphatic heterocycles. The van der Waals surface area contributed by atoms with Crippen LogP contribution < -0.4 is 5.32 Å². The highest BCUT2D eigenvalue weighted by atomic mass is 32.1. The van der Waals surface area contributed by atoms with E-state index < -0.39 is 5.97 Å². The van der Waals surface area contributed by atoms with Crippen LogP contribution in [0.5, 0.6) is 0 Å². The van der Waals surface area contributed by atoms with E-state index in [1.807, 2.05) is 4.90 Å². The van der Waals surface area contributed by atoms with Crippen molar-refractivity contribution in [3.63, 3.8) is 0 Å². The predicted octanol–water partition coefficient (Wildman–Crippen LogP) is 2.17. The lowest BCUT2D eigenvalue weighted by atomic mass is 10.3. The highest BCUT2D eigenvalue weighted by Crippen LogP contribution is 2.33. The third-order valence-electron chi connectivity index (χ3n) is 3.80. The second-order valence-electron chi connectivity index (χ2n) is 5.88. The van der Waals surface area contributed by atoms with Gasteiger partial charge in [0.2, 0.25) is 0 Å². The molecule has 7 heteroatoms. The summed E-state index contributed by atoms with van der Waals surface area (Å²) in [6, 6.07) is -0.0547. The molecule has 0 spiro atoms. The van der Waals surface area contributed by atoms with Crippen LogP contribution in [0.25, 0.3) is 0 Å². The molecule has 2 N–H and O–H groups in total. The van der Waals surface area contributed by atoms with Crippen molar-refractivity contribution in [2.24, 2.45) is 11.8 Å². The SMILES string of the molecule is O=C(O)c1csc(CNC(=O)N(CC2CC2)CC2CC2)n1. The van der Waals surface area contributed by atoms with E-state index in [0.717, 1.165) is 13.1 Å². The number of urea groups is 1. The van der Waals surface area contributed by atoms with Gasteiger partial charge in [0.1, 0.15) is 5.01 Å². The summed E-state index contributed by atoms with van der Waals surface area (Å²) in [4.78, 5) is 28.9. The number of carbonyl (C=O) groups is 2. The summed E-state index contributed by atoms with van der Waals surface area (Å²) in [5, 5.41) is 13.8. The molecule has 0 atom stereocenters. The number of aromatic carboxylic acids is 1. The number of nitrogens with zero attached hydrogens (tertiary/aromatic N) is 2. The quantitative estimate of drug-likeness (QED) is 0.808. The summed E-state index contributed by atoms with van der Waals surface area (Å²) < 4.78 is 0. The molecule has 114 valence electrons. The van der Waals surface area contributed by atoms with Crippen molar-refractivity contribution in [1.82, 2.24) is 15.2 Å². The number of nitrogens with one attached hydrogen (secondary N) is 1. The van der Waals surface area contributed by atoms with Crippen LogP contribution in [-0.2, 0) is 6.54 Å². The summed E-state index contributed by atoms with van der Waals surface area (Å²) in [5.74, 6) is 0.314. The fourth-order valence-electron chi connectivity index (χ4n) is 2.22. The molecule has 21 heavy (non-hydrogen) atoms. The van der Waals surface area contributed by atoms with Gasteiger partial charge in [0, 0.05) is 18.5 Å². The van der Waals surface area contributed by atoms with Crippen LogP contribution in [-0.4, -0.2) is 40.1 Å². The summed E-state index contributed by atoms with van der Waals surface area (Å²) in [6.07, 6.45) is 4.90. The van der Waals surface area contributed by atoms with Crippen LogP contribution >= 0.6 is 11.3 Å². The highest BCUT2D eigenvalue weighted by molar-refractivity contribution is 7.09. The Bertz CT molecular complexity index is 523. The van der Waals surface area contributed by atoms with Gasteiger partial charge in [-0.25, -0.2) is 14.6 Å². The minimum absolute atomic E-state index is 0.0389. The Balaban J connectivity index is 1.51. The topological polar surface area (TPSA) is 82.5 Å². The Morgan fingerprint density at radius 1 is 1.29 bits per heavy atom. The zero-order chi connectivity index (χ0) is 14.8. The summed E-state index contributed by atoms with van der Waals surface area (Å²) in [5.41, 5.74) is 0.0389. The normalized spacial score (nSPS) is 17.5. The smallest absolute Gasteiger partial charge is 0.355 e. The van der Waals surface area contributed by atoms with E-state index in [9.17, 15) is 9.59 Å². The molecule has 0 saturated heterocycles. The summed E-state index contributed by atoms with van der Waals surface area (Å²) in [7, 11) is 0. The van der Waals surface area contributed by atoms with Crippen molar-refractivity contribution in [2.75, 3.05) is 13.1 Å². The van der Waals surface area contributed by atoms with Gasteiger partial charge in [-0.3, -0.25) is 0 Å². The molecule has 0 bridgehead atoms. The third-order valence-corrected chi connectivity index (χ3v) is 4.65. The Labute approximate surface area is 127 Å². The van der Waals surface area contributed by atoms with Crippen LogP contribution in [0.2, 0.25) is 0 Å². The molecule has 6 nitrogen and oxygen atoms in total. The van der Waals surface area contributed by atoms with Crippen molar-refractivity contribution < 1.29 is 14.7 Å². The molecule has 2 aliphatic rings. The fraction of sp³-hybridized carbons (Fsp3) is 0.643. The minimum atomic E-state index is -1.03. The van der Waals surface area contributed by atoms with Crippen molar-refractivity contribution in [3.8, 4) is 0 Å². The van der Waals surface area contributed by atoms with E-state index in [1.165, 1.54) is 42.4 Å². The van der Waals surface area contributed by atoms with Crippen LogP contribution in [0.1, 0.15) is 41.2 Å². The van der Waals surface area contributed by atoms with Crippen molar-refractivity contribution in [2.45, 2.75) is 32.2 Å². The number of amides is 2. The number of aromatic nitrogens is 1.